The number of carbonyl (C=O) groups excluding carboxylic acids is 3. The van der Waals surface area contributed by atoms with Gasteiger partial charge in [-0.2, -0.15) is 0 Å². The zero-order chi connectivity index (χ0) is 19.0. The van der Waals surface area contributed by atoms with Crippen LogP contribution in [0.3, 0.4) is 0 Å². The number of rotatable bonds is 4. The van der Waals surface area contributed by atoms with Gasteiger partial charge in [-0.3, -0.25) is 19.3 Å². The Bertz CT molecular complexity index is 900. The first-order valence-electron chi connectivity index (χ1n) is 9.42. The van der Waals surface area contributed by atoms with Gasteiger partial charge >= 0.3 is 0 Å². The minimum Gasteiger partial charge on any atom is -0.312 e. The molecule has 0 bridgehead atoms. The molecule has 0 fully saturated rings. The van der Waals surface area contributed by atoms with E-state index >= 15 is 0 Å². The fraction of sp³-hybridized carbons (Fsp3) is 0.318. The molecule has 27 heavy (non-hydrogen) atoms. The summed E-state index contributed by atoms with van der Waals surface area (Å²) in [6.45, 7) is 3.03. The van der Waals surface area contributed by atoms with Crippen molar-refractivity contribution in [3.8, 4) is 0 Å². The van der Waals surface area contributed by atoms with Crippen molar-refractivity contribution in [1.29, 1.82) is 0 Å². The lowest BCUT2D eigenvalue weighted by atomic mass is 9.98. The second-order valence-corrected chi connectivity index (χ2v) is 7.14. The summed E-state index contributed by atoms with van der Waals surface area (Å²) >= 11 is 0. The second-order valence-electron chi connectivity index (χ2n) is 7.14. The highest BCUT2D eigenvalue weighted by molar-refractivity contribution is 6.21. The first-order valence-corrected chi connectivity index (χ1v) is 9.42. The van der Waals surface area contributed by atoms with E-state index in [0.717, 1.165) is 30.6 Å². The number of anilines is 1. The number of aryl methyl sites for hydroxylation is 2. The standard InChI is InChI=1S/C22H22N2O3/c1-15-7-4-8-16-9-5-13-23(20(15)16)19(25)12-6-14-24-21(26)17-10-2-3-11-18(17)22(24)27/h2-4,7-8,10-11H,5-6,9,12-14H2,1H3. The number of para-hydroxylation sites is 1. The van der Waals surface area contributed by atoms with Gasteiger partial charge in [0.2, 0.25) is 5.91 Å². The Labute approximate surface area is 158 Å². The van der Waals surface area contributed by atoms with Crippen LogP contribution in [-0.2, 0) is 11.2 Å². The number of nitrogens with zero attached hydrogens (tertiary/aromatic N) is 2. The highest BCUT2D eigenvalue weighted by Crippen LogP contribution is 2.31. The lowest BCUT2D eigenvalue weighted by Gasteiger charge is -2.31. The van der Waals surface area contributed by atoms with Gasteiger partial charge in [0, 0.05) is 25.2 Å². The third-order valence-corrected chi connectivity index (χ3v) is 5.37. The molecule has 0 unspecified atom stereocenters. The van der Waals surface area contributed by atoms with Crippen LogP contribution in [0.2, 0.25) is 0 Å². The number of hydrogen-bond acceptors (Lipinski definition) is 3. The number of carbonyl (C=O) groups is 3. The highest BCUT2D eigenvalue weighted by atomic mass is 16.2. The average molecular weight is 362 g/mol. The van der Waals surface area contributed by atoms with Crippen LogP contribution < -0.4 is 4.90 Å². The van der Waals surface area contributed by atoms with Crippen molar-refractivity contribution in [3.05, 3.63) is 64.7 Å². The van der Waals surface area contributed by atoms with Gasteiger partial charge in [-0.1, -0.05) is 30.3 Å². The van der Waals surface area contributed by atoms with E-state index in [1.54, 1.807) is 24.3 Å². The number of hydrogen-bond donors (Lipinski definition) is 0. The Kier molecular flexibility index (Phi) is 4.52. The van der Waals surface area contributed by atoms with Gasteiger partial charge in [-0.05, 0) is 49.4 Å². The minimum atomic E-state index is -0.262. The Balaban J connectivity index is 1.41. The van der Waals surface area contributed by atoms with Gasteiger partial charge in [-0.15, -0.1) is 0 Å². The van der Waals surface area contributed by atoms with E-state index in [0.29, 0.717) is 24.0 Å². The molecule has 2 aliphatic rings. The molecule has 0 atom stereocenters. The Morgan fingerprint density at radius 3 is 2.41 bits per heavy atom. The van der Waals surface area contributed by atoms with Crippen molar-refractivity contribution in [2.75, 3.05) is 18.0 Å². The van der Waals surface area contributed by atoms with Gasteiger partial charge in [0.05, 0.1) is 11.1 Å². The first-order chi connectivity index (χ1) is 13.1. The monoisotopic (exact) mass is 362 g/mol. The summed E-state index contributed by atoms with van der Waals surface area (Å²) in [7, 11) is 0. The van der Waals surface area contributed by atoms with Crippen molar-refractivity contribution < 1.29 is 14.4 Å². The maximum atomic E-state index is 12.8. The molecular formula is C22H22N2O3. The van der Waals surface area contributed by atoms with Crippen molar-refractivity contribution in [3.63, 3.8) is 0 Å². The summed E-state index contributed by atoms with van der Waals surface area (Å²) in [6.07, 6.45) is 2.75. The fourth-order valence-corrected chi connectivity index (χ4v) is 4.06. The summed E-state index contributed by atoms with van der Waals surface area (Å²) in [6, 6.07) is 13.0. The number of amides is 3. The van der Waals surface area contributed by atoms with E-state index in [2.05, 4.69) is 6.07 Å². The highest BCUT2D eigenvalue weighted by Gasteiger charge is 2.34. The topological polar surface area (TPSA) is 57.7 Å². The van der Waals surface area contributed by atoms with Gasteiger partial charge in [-0.25, -0.2) is 0 Å². The molecule has 0 N–H and O–H groups in total. The molecule has 2 aromatic rings. The summed E-state index contributed by atoms with van der Waals surface area (Å²) in [5, 5.41) is 0. The van der Waals surface area contributed by atoms with Crippen LogP contribution in [0.5, 0.6) is 0 Å². The largest absolute Gasteiger partial charge is 0.312 e. The van der Waals surface area contributed by atoms with Gasteiger partial charge in [0.1, 0.15) is 0 Å². The summed E-state index contributed by atoms with van der Waals surface area (Å²) in [5.41, 5.74) is 4.27. The third-order valence-electron chi connectivity index (χ3n) is 5.37. The molecule has 138 valence electrons. The number of fused-ring (bicyclic) bond motifs is 2. The van der Waals surface area contributed by atoms with Crippen LogP contribution in [0, 0.1) is 6.92 Å². The van der Waals surface area contributed by atoms with Crippen LogP contribution in [-0.4, -0.2) is 35.7 Å². The van der Waals surface area contributed by atoms with E-state index in [-0.39, 0.29) is 24.3 Å². The van der Waals surface area contributed by atoms with Crippen LogP contribution in [0.4, 0.5) is 5.69 Å². The molecule has 0 radical (unpaired) electrons. The number of imide groups is 1. The SMILES string of the molecule is Cc1cccc2c1N(C(=O)CCCN1C(=O)c3ccccc3C1=O)CCC2. The smallest absolute Gasteiger partial charge is 0.261 e. The van der Waals surface area contributed by atoms with Crippen LogP contribution in [0.1, 0.15) is 51.1 Å². The number of benzene rings is 2. The van der Waals surface area contributed by atoms with E-state index in [9.17, 15) is 14.4 Å². The van der Waals surface area contributed by atoms with Crippen molar-refractivity contribution in [2.45, 2.75) is 32.6 Å². The Morgan fingerprint density at radius 2 is 1.70 bits per heavy atom. The van der Waals surface area contributed by atoms with Crippen molar-refractivity contribution >= 4 is 23.4 Å². The molecule has 2 aliphatic heterocycles. The molecule has 0 aliphatic carbocycles. The molecule has 5 heteroatoms. The maximum absolute atomic E-state index is 12.8. The lowest BCUT2D eigenvalue weighted by molar-refractivity contribution is -0.118. The van der Waals surface area contributed by atoms with Gasteiger partial charge in [0.15, 0.2) is 0 Å². The summed E-state index contributed by atoms with van der Waals surface area (Å²) in [5.74, 6) is -0.466. The average Bonchev–Trinajstić information content (AvgIpc) is 2.93. The van der Waals surface area contributed by atoms with E-state index < -0.39 is 0 Å². The van der Waals surface area contributed by atoms with Crippen LogP contribution in [0.25, 0.3) is 0 Å². The van der Waals surface area contributed by atoms with Gasteiger partial charge < -0.3 is 4.90 Å². The summed E-state index contributed by atoms with van der Waals surface area (Å²) in [4.78, 5) is 40.7. The van der Waals surface area contributed by atoms with Crippen LogP contribution in [0.15, 0.2) is 42.5 Å². The van der Waals surface area contributed by atoms with Crippen molar-refractivity contribution in [1.82, 2.24) is 4.90 Å². The molecule has 0 spiro atoms. The quantitative estimate of drug-likeness (QED) is 0.784. The predicted octanol–water partition coefficient (Wildman–Crippen LogP) is 3.35. The second kappa shape index (κ2) is 6.99. The Hall–Kier alpha value is -2.95. The van der Waals surface area contributed by atoms with E-state index in [1.807, 2.05) is 24.0 Å². The predicted molar refractivity (Wildman–Crippen MR) is 103 cm³/mol. The maximum Gasteiger partial charge on any atom is 0.261 e. The Morgan fingerprint density at radius 1 is 1.00 bits per heavy atom. The van der Waals surface area contributed by atoms with Crippen molar-refractivity contribution in [2.24, 2.45) is 0 Å². The van der Waals surface area contributed by atoms with Gasteiger partial charge in [0.25, 0.3) is 11.8 Å². The first kappa shape index (κ1) is 17.5. The molecule has 2 aromatic carbocycles. The van der Waals surface area contributed by atoms with Crippen LogP contribution >= 0.6 is 0 Å². The van der Waals surface area contributed by atoms with E-state index in [1.165, 1.54) is 10.5 Å². The molecule has 0 saturated carbocycles. The molecule has 4 rings (SSSR count). The molecular weight excluding hydrogens is 340 g/mol. The molecule has 5 nitrogen and oxygen atoms in total. The molecule has 0 saturated heterocycles. The molecule has 3 amide bonds. The molecule has 0 aromatic heterocycles. The van der Waals surface area contributed by atoms with E-state index in [4.69, 9.17) is 0 Å². The third kappa shape index (κ3) is 3.03. The lowest BCUT2D eigenvalue weighted by Crippen LogP contribution is -2.37. The molecule has 2 heterocycles. The normalized spacial score (nSPS) is 15.7. The summed E-state index contributed by atoms with van der Waals surface area (Å²) < 4.78 is 0. The fourth-order valence-electron chi connectivity index (χ4n) is 4.06. The minimum absolute atomic E-state index is 0.0573. The zero-order valence-corrected chi connectivity index (χ0v) is 15.4. The zero-order valence-electron chi connectivity index (χ0n) is 15.4.